The lowest BCUT2D eigenvalue weighted by atomic mass is 10.0. The summed E-state index contributed by atoms with van der Waals surface area (Å²) in [4.78, 5) is 11.7. The van der Waals surface area contributed by atoms with Crippen LogP contribution >= 0.6 is 0 Å². The van der Waals surface area contributed by atoms with Gasteiger partial charge < -0.3 is 15.6 Å². The first kappa shape index (κ1) is 12.3. The van der Waals surface area contributed by atoms with E-state index in [9.17, 15) is 4.79 Å². The van der Waals surface area contributed by atoms with Gasteiger partial charge in [0.25, 0.3) is 0 Å². The number of benzene rings is 1. The largest absolute Gasteiger partial charge is 0.360 e. The molecule has 0 fully saturated rings. The molecule has 0 saturated carbocycles. The minimum atomic E-state index is -0.320. The third kappa shape index (κ3) is 3.18. The molecule has 0 aliphatic rings. The highest BCUT2D eigenvalue weighted by molar-refractivity contribution is 5.90. The third-order valence-corrected chi connectivity index (χ3v) is 2.53. The number of aryl methyl sites for hydroxylation is 1. The molecule has 94 valence electrons. The van der Waals surface area contributed by atoms with Crippen LogP contribution in [0.3, 0.4) is 0 Å². The van der Waals surface area contributed by atoms with Gasteiger partial charge in [-0.15, -0.1) is 0 Å². The van der Waals surface area contributed by atoms with Crippen LogP contribution in [0.4, 0.5) is 5.82 Å². The number of rotatable bonds is 4. The molecule has 1 aromatic carbocycles. The van der Waals surface area contributed by atoms with Crippen molar-refractivity contribution in [3.63, 3.8) is 0 Å². The Morgan fingerprint density at radius 2 is 2.17 bits per heavy atom. The van der Waals surface area contributed by atoms with Crippen LogP contribution in [0.15, 0.2) is 40.9 Å². The molecule has 3 N–H and O–H groups in total. The quantitative estimate of drug-likeness (QED) is 0.863. The van der Waals surface area contributed by atoms with Crippen molar-refractivity contribution >= 4 is 11.7 Å². The summed E-state index contributed by atoms with van der Waals surface area (Å²) in [6, 6.07) is 10.8. The molecule has 5 heteroatoms. The number of nitrogens with one attached hydrogen (secondary N) is 1. The first-order chi connectivity index (χ1) is 8.65. The Hall–Kier alpha value is -2.14. The Morgan fingerprint density at radius 3 is 2.78 bits per heavy atom. The summed E-state index contributed by atoms with van der Waals surface area (Å²) in [6.45, 7) is 1.76. The Morgan fingerprint density at radius 1 is 1.44 bits per heavy atom. The zero-order chi connectivity index (χ0) is 13.0. The van der Waals surface area contributed by atoms with Crippen molar-refractivity contribution in [2.45, 2.75) is 19.4 Å². The van der Waals surface area contributed by atoms with Crippen LogP contribution in [0.1, 0.15) is 23.8 Å². The van der Waals surface area contributed by atoms with Crippen molar-refractivity contribution in [1.82, 2.24) is 5.16 Å². The van der Waals surface area contributed by atoms with Crippen LogP contribution < -0.4 is 11.1 Å². The molecule has 18 heavy (non-hydrogen) atoms. The van der Waals surface area contributed by atoms with Gasteiger partial charge in [0.05, 0.1) is 0 Å². The molecule has 0 saturated heterocycles. The zero-order valence-corrected chi connectivity index (χ0v) is 10.1. The number of amides is 1. The SMILES string of the molecule is Cc1cc(NC(=O)CC(N)c2ccccc2)no1. The van der Waals surface area contributed by atoms with E-state index in [1.54, 1.807) is 13.0 Å². The maximum atomic E-state index is 11.7. The van der Waals surface area contributed by atoms with Crippen LogP contribution in [0.25, 0.3) is 0 Å². The minimum Gasteiger partial charge on any atom is -0.360 e. The van der Waals surface area contributed by atoms with Crippen LogP contribution in [-0.4, -0.2) is 11.1 Å². The van der Waals surface area contributed by atoms with E-state index in [1.165, 1.54) is 0 Å². The topological polar surface area (TPSA) is 81.2 Å². The van der Waals surface area contributed by atoms with E-state index in [0.717, 1.165) is 5.56 Å². The molecule has 2 rings (SSSR count). The second-order valence-corrected chi connectivity index (χ2v) is 4.09. The lowest BCUT2D eigenvalue weighted by Gasteiger charge is -2.10. The molecule has 2 aromatic rings. The summed E-state index contributed by atoms with van der Waals surface area (Å²) in [5, 5.41) is 6.33. The zero-order valence-electron chi connectivity index (χ0n) is 10.1. The molecule has 1 amide bonds. The van der Waals surface area contributed by atoms with Gasteiger partial charge in [-0.25, -0.2) is 0 Å². The highest BCUT2D eigenvalue weighted by atomic mass is 16.5. The highest BCUT2D eigenvalue weighted by Crippen LogP contribution is 2.14. The molecular formula is C13H15N3O2. The summed E-state index contributed by atoms with van der Waals surface area (Å²) in [5.74, 6) is 0.884. The maximum absolute atomic E-state index is 11.7. The van der Waals surface area contributed by atoms with Crippen LogP contribution in [-0.2, 0) is 4.79 Å². The summed E-state index contributed by atoms with van der Waals surface area (Å²) in [6.07, 6.45) is 0.204. The molecule has 0 aliphatic carbocycles. The molecule has 0 radical (unpaired) electrons. The molecule has 1 aromatic heterocycles. The molecule has 5 nitrogen and oxygen atoms in total. The number of hydrogen-bond acceptors (Lipinski definition) is 4. The standard InChI is InChI=1S/C13H15N3O2/c1-9-7-12(16-18-9)15-13(17)8-11(14)10-5-3-2-4-6-10/h2-7,11H,8,14H2,1H3,(H,15,16,17). The van der Waals surface area contributed by atoms with Gasteiger partial charge in [-0.1, -0.05) is 35.5 Å². The predicted octanol–water partition coefficient (Wildman–Crippen LogP) is 2.01. The molecule has 1 heterocycles. The fraction of sp³-hybridized carbons (Fsp3) is 0.231. The van der Waals surface area contributed by atoms with E-state index in [2.05, 4.69) is 10.5 Å². The molecule has 1 atom stereocenters. The van der Waals surface area contributed by atoms with Crippen LogP contribution in [0, 0.1) is 6.92 Å². The lowest BCUT2D eigenvalue weighted by molar-refractivity contribution is -0.116. The Bertz CT molecular complexity index is 522. The van der Waals surface area contributed by atoms with E-state index in [-0.39, 0.29) is 18.4 Å². The van der Waals surface area contributed by atoms with Gasteiger partial charge >= 0.3 is 0 Å². The summed E-state index contributed by atoms with van der Waals surface area (Å²) in [7, 11) is 0. The van der Waals surface area contributed by atoms with Crippen LogP contribution in [0.5, 0.6) is 0 Å². The summed E-state index contributed by atoms with van der Waals surface area (Å²) in [5.41, 5.74) is 6.88. The molecule has 1 unspecified atom stereocenters. The third-order valence-electron chi connectivity index (χ3n) is 2.53. The number of anilines is 1. The smallest absolute Gasteiger partial charge is 0.227 e. The van der Waals surface area contributed by atoms with E-state index >= 15 is 0 Å². The summed E-state index contributed by atoms with van der Waals surface area (Å²) < 4.78 is 4.86. The van der Waals surface area contributed by atoms with Crippen molar-refractivity contribution in [2.24, 2.45) is 5.73 Å². The van der Waals surface area contributed by atoms with Gasteiger partial charge in [-0.2, -0.15) is 0 Å². The molecular weight excluding hydrogens is 230 g/mol. The number of nitrogens with zero attached hydrogens (tertiary/aromatic N) is 1. The van der Waals surface area contributed by atoms with Gasteiger partial charge in [0.15, 0.2) is 5.82 Å². The van der Waals surface area contributed by atoms with Crippen molar-refractivity contribution < 1.29 is 9.32 Å². The van der Waals surface area contributed by atoms with E-state index < -0.39 is 0 Å². The van der Waals surface area contributed by atoms with Gasteiger partial charge in [-0.3, -0.25) is 4.79 Å². The van der Waals surface area contributed by atoms with Gasteiger partial charge in [0, 0.05) is 18.5 Å². The minimum absolute atomic E-state index is 0.181. The summed E-state index contributed by atoms with van der Waals surface area (Å²) >= 11 is 0. The first-order valence-electron chi connectivity index (χ1n) is 5.69. The normalized spacial score (nSPS) is 12.1. The average Bonchev–Trinajstić information content (AvgIpc) is 2.75. The molecule has 0 bridgehead atoms. The highest BCUT2D eigenvalue weighted by Gasteiger charge is 2.12. The monoisotopic (exact) mass is 245 g/mol. The Kier molecular flexibility index (Phi) is 3.74. The van der Waals surface area contributed by atoms with Crippen molar-refractivity contribution in [3.05, 3.63) is 47.7 Å². The fourth-order valence-corrected chi connectivity index (χ4v) is 1.64. The molecule has 0 aliphatic heterocycles. The van der Waals surface area contributed by atoms with Gasteiger partial charge in [-0.05, 0) is 12.5 Å². The van der Waals surface area contributed by atoms with Crippen LogP contribution in [0.2, 0.25) is 0 Å². The predicted molar refractivity (Wildman–Crippen MR) is 67.9 cm³/mol. The number of nitrogens with two attached hydrogens (primary N) is 1. The average molecular weight is 245 g/mol. The van der Waals surface area contributed by atoms with Crippen molar-refractivity contribution in [2.75, 3.05) is 5.32 Å². The van der Waals surface area contributed by atoms with Gasteiger partial charge in [0.2, 0.25) is 5.91 Å². The number of carbonyl (C=O) groups is 1. The van der Waals surface area contributed by atoms with Crippen molar-refractivity contribution in [1.29, 1.82) is 0 Å². The number of aromatic nitrogens is 1. The Labute approximate surface area is 105 Å². The van der Waals surface area contributed by atoms with E-state index in [0.29, 0.717) is 11.6 Å². The maximum Gasteiger partial charge on any atom is 0.227 e. The van der Waals surface area contributed by atoms with Crippen molar-refractivity contribution in [3.8, 4) is 0 Å². The Balaban J connectivity index is 1.92. The van der Waals surface area contributed by atoms with Gasteiger partial charge in [0.1, 0.15) is 5.76 Å². The number of hydrogen-bond donors (Lipinski definition) is 2. The second-order valence-electron chi connectivity index (χ2n) is 4.09. The lowest BCUT2D eigenvalue weighted by Crippen LogP contribution is -2.20. The van der Waals surface area contributed by atoms with E-state index in [1.807, 2.05) is 30.3 Å². The number of carbonyl (C=O) groups excluding carboxylic acids is 1. The first-order valence-corrected chi connectivity index (χ1v) is 5.69. The fourth-order valence-electron chi connectivity index (χ4n) is 1.64. The molecule has 0 spiro atoms. The van der Waals surface area contributed by atoms with E-state index in [4.69, 9.17) is 10.3 Å². The second kappa shape index (κ2) is 5.46.